The Balaban J connectivity index is 2.78. The maximum atomic E-state index is 9.99. The van der Waals surface area contributed by atoms with Crippen molar-refractivity contribution < 1.29 is 5.11 Å². The molecule has 0 bridgehead atoms. The van der Waals surface area contributed by atoms with Crippen molar-refractivity contribution in [2.24, 2.45) is 0 Å². The molecule has 0 aromatic heterocycles. The monoisotopic (exact) mass is 278 g/mol. The molecule has 114 valence electrons. The molecule has 1 rings (SSSR count). The van der Waals surface area contributed by atoms with Gasteiger partial charge in [-0.15, -0.1) is 0 Å². The molecule has 20 heavy (non-hydrogen) atoms. The number of hydrogen-bond donors (Lipinski definition) is 2. The van der Waals surface area contributed by atoms with Crippen molar-refractivity contribution in [1.29, 1.82) is 0 Å². The van der Waals surface area contributed by atoms with E-state index in [0.29, 0.717) is 0 Å². The average Bonchev–Trinajstić information content (AvgIpc) is 2.48. The number of likely N-dealkylation sites (N-methyl/N-ethyl adjacent to an activating group) is 2. The Kier molecular flexibility index (Phi) is 7.82. The molecule has 0 fully saturated rings. The largest absolute Gasteiger partial charge is 0.394 e. The number of aliphatic hydroxyl groups excluding tert-OH is 1. The Morgan fingerprint density at radius 3 is 2.40 bits per heavy atom. The molecule has 1 unspecified atom stereocenters. The number of hydrogen-bond acceptors (Lipinski definition) is 3. The first-order chi connectivity index (χ1) is 9.68. The Hall–Kier alpha value is -0.900. The van der Waals surface area contributed by atoms with Gasteiger partial charge in [0, 0.05) is 6.54 Å². The predicted octanol–water partition coefficient (Wildman–Crippen LogP) is 2.61. The molecule has 0 aliphatic carbocycles. The smallest absolute Gasteiger partial charge is 0.0797 e. The van der Waals surface area contributed by atoms with E-state index >= 15 is 0 Å². The summed E-state index contributed by atoms with van der Waals surface area (Å²) in [5.41, 5.74) is 0.795. The fraction of sp³-hybridized carbons (Fsp3) is 0.647. The van der Waals surface area contributed by atoms with Crippen molar-refractivity contribution in [3.8, 4) is 0 Å². The van der Waals surface area contributed by atoms with Gasteiger partial charge in [-0.1, -0.05) is 57.0 Å². The molecule has 0 heterocycles. The fourth-order valence-electron chi connectivity index (χ4n) is 2.71. The molecule has 0 spiro atoms. The topological polar surface area (TPSA) is 35.5 Å². The van der Waals surface area contributed by atoms with E-state index in [-0.39, 0.29) is 12.1 Å². The van der Waals surface area contributed by atoms with Crippen LogP contribution in [0.15, 0.2) is 30.3 Å². The number of nitrogens with one attached hydrogen (secondary N) is 1. The highest BCUT2D eigenvalue weighted by molar-refractivity contribution is 5.25. The SMILES string of the molecule is CCCCCN(C)CC(CO)(NCC)c1ccccc1. The molecule has 1 atom stereocenters. The van der Waals surface area contributed by atoms with Gasteiger partial charge < -0.3 is 15.3 Å². The van der Waals surface area contributed by atoms with Gasteiger partial charge in [-0.05, 0) is 32.1 Å². The van der Waals surface area contributed by atoms with Crippen LogP contribution in [-0.2, 0) is 5.54 Å². The lowest BCUT2D eigenvalue weighted by atomic mass is 9.89. The maximum absolute atomic E-state index is 9.99. The van der Waals surface area contributed by atoms with Crippen molar-refractivity contribution in [1.82, 2.24) is 10.2 Å². The first-order valence-corrected chi connectivity index (χ1v) is 7.78. The predicted molar refractivity (Wildman–Crippen MR) is 85.9 cm³/mol. The van der Waals surface area contributed by atoms with Gasteiger partial charge >= 0.3 is 0 Å². The molecule has 0 aliphatic rings. The van der Waals surface area contributed by atoms with E-state index in [1.807, 2.05) is 18.2 Å². The van der Waals surface area contributed by atoms with Crippen molar-refractivity contribution in [3.63, 3.8) is 0 Å². The first kappa shape index (κ1) is 17.2. The summed E-state index contributed by atoms with van der Waals surface area (Å²) in [6, 6.07) is 10.3. The van der Waals surface area contributed by atoms with E-state index in [1.165, 1.54) is 19.3 Å². The van der Waals surface area contributed by atoms with E-state index in [9.17, 15) is 5.11 Å². The van der Waals surface area contributed by atoms with Crippen LogP contribution in [0, 0.1) is 0 Å². The Bertz CT molecular complexity index is 355. The molecule has 0 saturated carbocycles. The minimum Gasteiger partial charge on any atom is -0.394 e. The van der Waals surface area contributed by atoms with E-state index in [1.54, 1.807) is 0 Å². The molecular weight excluding hydrogens is 248 g/mol. The Morgan fingerprint density at radius 2 is 1.85 bits per heavy atom. The maximum Gasteiger partial charge on any atom is 0.0797 e. The zero-order chi connectivity index (χ0) is 14.8. The fourth-order valence-corrected chi connectivity index (χ4v) is 2.71. The number of benzene rings is 1. The van der Waals surface area contributed by atoms with Gasteiger partial charge in [0.15, 0.2) is 0 Å². The average molecular weight is 278 g/mol. The van der Waals surface area contributed by atoms with Crippen molar-refractivity contribution in [2.75, 3.05) is 33.3 Å². The van der Waals surface area contributed by atoms with Crippen LogP contribution in [0.1, 0.15) is 38.7 Å². The summed E-state index contributed by atoms with van der Waals surface area (Å²) in [6.45, 7) is 7.17. The molecule has 3 nitrogen and oxygen atoms in total. The number of aliphatic hydroxyl groups is 1. The van der Waals surface area contributed by atoms with Crippen LogP contribution in [0.5, 0.6) is 0 Å². The molecule has 3 heteroatoms. The van der Waals surface area contributed by atoms with E-state index < -0.39 is 0 Å². The number of unbranched alkanes of at least 4 members (excludes halogenated alkanes) is 2. The van der Waals surface area contributed by atoms with Crippen LogP contribution < -0.4 is 5.32 Å². The molecule has 1 aromatic carbocycles. The molecule has 0 radical (unpaired) electrons. The summed E-state index contributed by atoms with van der Waals surface area (Å²) in [4.78, 5) is 2.32. The van der Waals surface area contributed by atoms with Gasteiger partial charge in [0.1, 0.15) is 0 Å². The third kappa shape index (κ3) is 4.89. The normalized spacial score (nSPS) is 14.4. The zero-order valence-corrected chi connectivity index (χ0v) is 13.2. The molecule has 0 amide bonds. The summed E-state index contributed by atoms with van der Waals surface area (Å²) in [5, 5.41) is 13.5. The third-order valence-electron chi connectivity index (χ3n) is 3.79. The van der Waals surface area contributed by atoms with Crippen molar-refractivity contribution in [2.45, 2.75) is 38.6 Å². The van der Waals surface area contributed by atoms with Gasteiger partial charge in [-0.3, -0.25) is 0 Å². The lowest BCUT2D eigenvalue weighted by molar-refractivity contribution is 0.118. The van der Waals surface area contributed by atoms with Crippen LogP contribution in [0.2, 0.25) is 0 Å². The second-order valence-electron chi connectivity index (χ2n) is 5.58. The van der Waals surface area contributed by atoms with Crippen LogP contribution in [-0.4, -0.2) is 43.3 Å². The first-order valence-electron chi connectivity index (χ1n) is 7.78. The van der Waals surface area contributed by atoms with Crippen molar-refractivity contribution in [3.05, 3.63) is 35.9 Å². The highest BCUT2D eigenvalue weighted by Gasteiger charge is 2.31. The standard InChI is InChI=1S/C17H30N2O/c1-4-6-10-13-19(3)14-17(15-20,18-5-2)16-11-8-7-9-12-16/h7-9,11-12,18,20H,4-6,10,13-15H2,1-3H3. The van der Waals surface area contributed by atoms with Gasteiger partial charge in [0.05, 0.1) is 12.1 Å². The summed E-state index contributed by atoms with van der Waals surface area (Å²) < 4.78 is 0. The van der Waals surface area contributed by atoms with E-state index in [0.717, 1.165) is 25.2 Å². The van der Waals surface area contributed by atoms with Gasteiger partial charge in [0.25, 0.3) is 0 Å². The van der Waals surface area contributed by atoms with Crippen LogP contribution in [0.4, 0.5) is 0 Å². The van der Waals surface area contributed by atoms with Crippen LogP contribution in [0.25, 0.3) is 0 Å². The molecule has 1 aromatic rings. The van der Waals surface area contributed by atoms with Gasteiger partial charge in [-0.25, -0.2) is 0 Å². The summed E-state index contributed by atoms with van der Waals surface area (Å²) >= 11 is 0. The second kappa shape index (κ2) is 9.11. The second-order valence-corrected chi connectivity index (χ2v) is 5.58. The lowest BCUT2D eigenvalue weighted by Gasteiger charge is -2.37. The summed E-state index contributed by atoms with van der Waals surface area (Å²) in [6.07, 6.45) is 3.73. The highest BCUT2D eigenvalue weighted by atomic mass is 16.3. The minimum absolute atomic E-state index is 0.114. The van der Waals surface area contributed by atoms with Gasteiger partial charge in [0.2, 0.25) is 0 Å². The van der Waals surface area contributed by atoms with Crippen LogP contribution >= 0.6 is 0 Å². The lowest BCUT2D eigenvalue weighted by Crippen LogP contribution is -2.53. The molecule has 0 aliphatic heterocycles. The molecule has 2 N–H and O–H groups in total. The van der Waals surface area contributed by atoms with Crippen LogP contribution in [0.3, 0.4) is 0 Å². The number of rotatable bonds is 10. The quantitative estimate of drug-likeness (QED) is 0.646. The Labute approximate surface area is 124 Å². The third-order valence-corrected chi connectivity index (χ3v) is 3.79. The number of nitrogens with zero attached hydrogens (tertiary/aromatic N) is 1. The zero-order valence-electron chi connectivity index (χ0n) is 13.2. The highest BCUT2D eigenvalue weighted by Crippen LogP contribution is 2.22. The Morgan fingerprint density at radius 1 is 1.15 bits per heavy atom. The molecule has 0 saturated heterocycles. The van der Waals surface area contributed by atoms with E-state index in [2.05, 4.69) is 43.2 Å². The van der Waals surface area contributed by atoms with Crippen molar-refractivity contribution >= 4 is 0 Å². The summed E-state index contributed by atoms with van der Waals surface area (Å²) in [5.74, 6) is 0. The van der Waals surface area contributed by atoms with E-state index in [4.69, 9.17) is 0 Å². The minimum atomic E-state index is -0.364. The molecular formula is C17H30N2O. The van der Waals surface area contributed by atoms with Gasteiger partial charge in [-0.2, -0.15) is 0 Å². The summed E-state index contributed by atoms with van der Waals surface area (Å²) in [7, 11) is 2.14.